The number of halogens is 1. The molecule has 0 bridgehead atoms. The summed E-state index contributed by atoms with van der Waals surface area (Å²) in [6.07, 6.45) is 3.48. The van der Waals surface area contributed by atoms with E-state index in [1.165, 1.54) is 18.6 Å². The van der Waals surface area contributed by atoms with E-state index in [4.69, 9.17) is 0 Å². The molecule has 1 aliphatic rings. The molecule has 1 fully saturated rings. The van der Waals surface area contributed by atoms with E-state index in [9.17, 15) is 4.79 Å². The van der Waals surface area contributed by atoms with E-state index in [-0.39, 0.29) is 36.4 Å². The van der Waals surface area contributed by atoms with Crippen molar-refractivity contribution in [2.24, 2.45) is 4.99 Å². The Kier molecular flexibility index (Phi) is 11.4. The Bertz CT molecular complexity index is 307. The average Bonchev–Trinajstić information content (AvgIpc) is 2.42. The minimum atomic E-state index is 0. The van der Waals surface area contributed by atoms with Gasteiger partial charge in [0.1, 0.15) is 6.54 Å². The summed E-state index contributed by atoms with van der Waals surface area (Å²) >= 11 is 1.98. The first kappa shape index (κ1) is 19.8. The minimum absolute atomic E-state index is 0. The first-order chi connectivity index (χ1) is 9.13. The molecule has 1 saturated heterocycles. The molecule has 0 aliphatic carbocycles. The molecule has 0 saturated carbocycles. The van der Waals surface area contributed by atoms with Gasteiger partial charge in [-0.05, 0) is 25.0 Å². The topological polar surface area (TPSA) is 56.7 Å². The van der Waals surface area contributed by atoms with E-state index in [2.05, 4.69) is 22.5 Å². The highest BCUT2D eigenvalue weighted by Crippen LogP contribution is 2.16. The zero-order valence-corrected chi connectivity index (χ0v) is 15.8. The molecule has 7 heteroatoms. The molecular weight excluding hydrogens is 387 g/mol. The van der Waals surface area contributed by atoms with Gasteiger partial charge in [-0.15, -0.1) is 24.0 Å². The minimum Gasteiger partial charge on any atom is -0.356 e. The number of guanidine groups is 1. The molecule has 0 radical (unpaired) electrons. The summed E-state index contributed by atoms with van der Waals surface area (Å²) in [6.45, 7) is 3.19. The van der Waals surface area contributed by atoms with Crippen molar-refractivity contribution in [1.82, 2.24) is 15.5 Å². The van der Waals surface area contributed by atoms with Gasteiger partial charge in [0.05, 0.1) is 0 Å². The second-order valence-corrected chi connectivity index (χ2v) is 6.09. The van der Waals surface area contributed by atoms with E-state index in [1.807, 2.05) is 11.8 Å². The lowest BCUT2D eigenvalue weighted by Crippen LogP contribution is -2.46. The zero-order chi connectivity index (χ0) is 14.1. The number of likely N-dealkylation sites (N-methyl/N-ethyl adjacent to an activating group) is 1. The van der Waals surface area contributed by atoms with Gasteiger partial charge in [0.25, 0.3) is 0 Å². The average molecular weight is 414 g/mol. The van der Waals surface area contributed by atoms with Gasteiger partial charge in [-0.2, -0.15) is 11.8 Å². The zero-order valence-electron chi connectivity index (χ0n) is 12.6. The van der Waals surface area contributed by atoms with Crippen LogP contribution in [0.25, 0.3) is 0 Å². The Balaban J connectivity index is 0.00000361. The Morgan fingerprint density at radius 3 is 2.75 bits per heavy atom. The van der Waals surface area contributed by atoms with Crippen LogP contribution in [0.3, 0.4) is 0 Å². The van der Waals surface area contributed by atoms with Crippen molar-refractivity contribution in [3.8, 4) is 0 Å². The molecular formula is C13H27IN4OS. The fourth-order valence-electron chi connectivity index (χ4n) is 1.73. The Hall–Kier alpha value is -0.180. The van der Waals surface area contributed by atoms with E-state index in [1.54, 1.807) is 19.0 Å². The second kappa shape index (κ2) is 11.5. The summed E-state index contributed by atoms with van der Waals surface area (Å²) in [5.74, 6) is 3.17. The molecule has 1 rings (SSSR count). The van der Waals surface area contributed by atoms with Crippen LogP contribution in [0.4, 0.5) is 0 Å². The standard InChI is InChI=1S/C13H26N4OS.HI/c1-4-7-14-13(15-9-12(18)17(2)3)16-11-6-5-8-19-10-11;/h11H,4-10H2,1-3H3,(H2,14,15,16);1H. The molecule has 1 amide bonds. The molecule has 1 heterocycles. The van der Waals surface area contributed by atoms with Crippen LogP contribution in [0, 0.1) is 0 Å². The number of amides is 1. The van der Waals surface area contributed by atoms with E-state index < -0.39 is 0 Å². The number of nitrogens with one attached hydrogen (secondary N) is 2. The first-order valence-corrected chi connectivity index (χ1v) is 8.11. The summed E-state index contributed by atoms with van der Waals surface area (Å²) in [6, 6.07) is 0.469. The van der Waals surface area contributed by atoms with Crippen molar-refractivity contribution in [2.45, 2.75) is 32.2 Å². The number of aliphatic imine (C=N–C) groups is 1. The number of hydrogen-bond donors (Lipinski definition) is 2. The fourth-order valence-corrected chi connectivity index (χ4v) is 2.80. The predicted octanol–water partition coefficient (Wildman–Crippen LogP) is 1.53. The van der Waals surface area contributed by atoms with E-state index in [0.717, 1.165) is 24.7 Å². The number of rotatable bonds is 5. The molecule has 5 nitrogen and oxygen atoms in total. The van der Waals surface area contributed by atoms with Gasteiger partial charge in [0.15, 0.2) is 5.96 Å². The summed E-state index contributed by atoms with van der Waals surface area (Å²) in [5, 5.41) is 6.70. The smallest absolute Gasteiger partial charge is 0.243 e. The monoisotopic (exact) mass is 414 g/mol. The third-order valence-electron chi connectivity index (χ3n) is 2.91. The second-order valence-electron chi connectivity index (χ2n) is 4.94. The predicted molar refractivity (Wildman–Crippen MR) is 98.2 cm³/mol. The van der Waals surface area contributed by atoms with Crippen LogP contribution in [0.2, 0.25) is 0 Å². The highest BCUT2D eigenvalue weighted by atomic mass is 127. The van der Waals surface area contributed by atoms with Crippen LogP contribution < -0.4 is 10.6 Å². The number of carbonyl (C=O) groups excluding carboxylic acids is 1. The van der Waals surface area contributed by atoms with Gasteiger partial charge >= 0.3 is 0 Å². The van der Waals surface area contributed by atoms with Crippen LogP contribution in [-0.2, 0) is 4.79 Å². The Morgan fingerprint density at radius 2 is 2.20 bits per heavy atom. The normalized spacial score (nSPS) is 18.9. The molecule has 0 aromatic carbocycles. The van der Waals surface area contributed by atoms with Gasteiger partial charge in [-0.25, -0.2) is 4.99 Å². The van der Waals surface area contributed by atoms with Crippen LogP contribution in [0.15, 0.2) is 4.99 Å². The molecule has 0 aromatic heterocycles. The lowest BCUT2D eigenvalue weighted by Gasteiger charge is -2.24. The van der Waals surface area contributed by atoms with Crippen molar-refractivity contribution in [2.75, 3.05) is 38.7 Å². The van der Waals surface area contributed by atoms with Gasteiger partial charge in [-0.3, -0.25) is 4.79 Å². The molecule has 1 unspecified atom stereocenters. The van der Waals surface area contributed by atoms with Crippen molar-refractivity contribution in [3.63, 3.8) is 0 Å². The van der Waals surface area contributed by atoms with Gasteiger partial charge in [-0.1, -0.05) is 6.92 Å². The molecule has 0 aromatic rings. The van der Waals surface area contributed by atoms with E-state index in [0.29, 0.717) is 6.04 Å². The van der Waals surface area contributed by atoms with Crippen LogP contribution in [-0.4, -0.2) is 61.5 Å². The third kappa shape index (κ3) is 8.18. The lowest BCUT2D eigenvalue weighted by atomic mass is 10.2. The van der Waals surface area contributed by atoms with E-state index >= 15 is 0 Å². The summed E-state index contributed by atoms with van der Waals surface area (Å²) < 4.78 is 0. The Morgan fingerprint density at radius 1 is 1.45 bits per heavy atom. The van der Waals surface area contributed by atoms with Crippen molar-refractivity contribution < 1.29 is 4.79 Å². The van der Waals surface area contributed by atoms with Crippen LogP contribution >= 0.6 is 35.7 Å². The van der Waals surface area contributed by atoms with Crippen molar-refractivity contribution in [3.05, 3.63) is 0 Å². The number of carbonyl (C=O) groups is 1. The molecule has 0 spiro atoms. The van der Waals surface area contributed by atoms with Gasteiger partial charge in [0.2, 0.25) is 5.91 Å². The fraction of sp³-hybridized carbons (Fsp3) is 0.846. The SMILES string of the molecule is CCCNC(=NCC(=O)N(C)C)NC1CCCSC1.I. The molecule has 20 heavy (non-hydrogen) atoms. The number of hydrogen-bond acceptors (Lipinski definition) is 3. The van der Waals surface area contributed by atoms with Crippen LogP contribution in [0.5, 0.6) is 0 Å². The number of thioether (sulfide) groups is 1. The first-order valence-electron chi connectivity index (χ1n) is 6.96. The van der Waals surface area contributed by atoms with Crippen LogP contribution in [0.1, 0.15) is 26.2 Å². The molecule has 1 atom stereocenters. The maximum Gasteiger partial charge on any atom is 0.243 e. The van der Waals surface area contributed by atoms with Gasteiger partial charge < -0.3 is 15.5 Å². The summed E-state index contributed by atoms with van der Waals surface area (Å²) in [5.41, 5.74) is 0. The summed E-state index contributed by atoms with van der Waals surface area (Å²) in [7, 11) is 3.50. The Labute approximate surface area is 143 Å². The lowest BCUT2D eigenvalue weighted by molar-refractivity contribution is -0.127. The molecule has 2 N–H and O–H groups in total. The highest BCUT2D eigenvalue weighted by Gasteiger charge is 2.15. The summed E-state index contributed by atoms with van der Waals surface area (Å²) in [4.78, 5) is 17.5. The highest BCUT2D eigenvalue weighted by molar-refractivity contribution is 14.0. The molecule has 1 aliphatic heterocycles. The van der Waals surface area contributed by atoms with Crippen molar-refractivity contribution in [1.29, 1.82) is 0 Å². The van der Waals surface area contributed by atoms with Gasteiger partial charge in [0, 0.05) is 32.4 Å². The third-order valence-corrected chi connectivity index (χ3v) is 4.13. The maximum atomic E-state index is 11.6. The number of nitrogens with zero attached hydrogens (tertiary/aromatic N) is 2. The largest absolute Gasteiger partial charge is 0.356 e. The maximum absolute atomic E-state index is 11.6. The van der Waals surface area contributed by atoms with Crippen molar-refractivity contribution >= 4 is 47.6 Å². The quantitative estimate of drug-likeness (QED) is 0.407. The molecule has 118 valence electrons.